The van der Waals surface area contributed by atoms with Crippen LogP contribution in [0, 0.1) is 0 Å². The first-order chi connectivity index (χ1) is 5.75. The second kappa shape index (κ2) is 3.90. The van der Waals surface area contributed by atoms with Crippen LogP contribution in [0.25, 0.3) is 0 Å². The Hall–Kier alpha value is -1.31. The van der Waals surface area contributed by atoms with E-state index in [1.807, 2.05) is 13.1 Å². The van der Waals surface area contributed by atoms with Crippen LogP contribution in [0.3, 0.4) is 0 Å². The Morgan fingerprint density at radius 1 is 1.75 bits per heavy atom. The van der Waals surface area contributed by atoms with Gasteiger partial charge in [-0.15, -0.1) is 0 Å². The predicted octanol–water partition coefficient (Wildman–Crippen LogP) is 2.46. The van der Waals surface area contributed by atoms with Crippen molar-refractivity contribution in [1.29, 1.82) is 0 Å². The summed E-state index contributed by atoms with van der Waals surface area (Å²) < 4.78 is 13.2. The van der Waals surface area contributed by atoms with Crippen molar-refractivity contribution in [2.24, 2.45) is 0 Å². The van der Waals surface area contributed by atoms with Gasteiger partial charge in [-0.25, -0.2) is 4.39 Å². The second-order valence-corrected chi connectivity index (χ2v) is 2.63. The van der Waals surface area contributed by atoms with Gasteiger partial charge < -0.3 is 5.32 Å². The lowest BCUT2D eigenvalue weighted by atomic mass is 10.1. The zero-order valence-corrected chi connectivity index (χ0v) is 7.10. The van der Waals surface area contributed by atoms with Gasteiger partial charge in [0.25, 0.3) is 0 Å². The fourth-order valence-corrected chi connectivity index (χ4v) is 1.06. The summed E-state index contributed by atoms with van der Waals surface area (Å²) in [5, 5.41) is 2.96. The molecule has 0 atom stereocenters. The maximum absolute atomic E-state index is 13.2. The van der Waals surface area contributed by atoms with Crippen molar-refractivity contribution < 1.29 is 4.39 Å². The van der Waals surface area contributed by atoms with E-state index in [1.165, 1.54) is 6.08 Å². The number of hydrogen-bond donors (Lipinski definition) is 1. The summed E-state index contributed by atoms with van der Waals surface area (Å²) in [4.78, 5) is 0. The summed E-state index contributed by atoms with van der Waals surface area (Å²) in [6, 6.07) is 0. The highest BCUT2D eigenvalue weighted by molar-refractivity contribution is 5.40. The molecule has 1 nitrogen and oxygen atoms in total. The van der Waals surface area contributed by atoms with Crippen LogP contribution in [-0.4, -0.2) is 6.54 Å². The lowest BCUT2D eigenvalue weighted by Gasteiger charge is -1.97. The molecule has 1 N–H and O–H groups in total. The van der Waals surface area contributed by atoms with Crippen molar-refractivity contribution in [3.05, 3.63) is 48.0 Å². The van der Waals surface area contributed by atoms with Gasteiger partial charge in [-0.3, -0.25) is 0 Å². The fraction of sp³-hybridized carbons (Fsp3) is 0.200. The monoisotopic (exact) mass is 165 g/mol. The average molecular weight is 165 g/mol. The molecule has 0 unspecified atom stereocenters. The van der Waals surface area contributed by atoms with Gasteiger partial charge in [0.05, 0.1) is 0 Å². The Morgan fingerprint density at radius 2 is 2.50 bits per heavy atom. The molecule has 64 valence electrons. The third-order valence-electron chi connectivity index (χ3n) is 1.74. The third-order valence-corrected chi connectivity index (χ3v) is 1.74. The van der Waals surface area contributed by atoms with Crippen molar-refractivity contribution in [3.63, 3.8) is 0 Å². The zero-order chi connectivity index (χ0) is 8.97. The molecule has 0 spiro atoms. The van der Waals surface area contributed by atoms with E-state index < -0.39 is 0 Å². The van der Waals surface area contributed by atoms with Crippen molar-refractivity contribution >= 4 is 0 Å². The zero-order valence-electron chi connectivity index (χ0n) is 7.10. The molecule has 0 aromatic heterocycles. The Balaban J connectivity index is 2.83. The molecule has 1 aliphatic rings. The first-order valence-electron chi connectivity index (χ1n) is 3.84. The van der Waals surface area contributed by atoms with Gasteiger partial charge in [-0.05, 0) is 18.6 Å². The maximum Gasteiger partial charge on any atom is 0.128 e. The highest BCUT2D eigenvalue weighted by Gasteiger charge is 2.10. The Kier molecular flexibility index (Phi) is 2.86. The summed E-state index contributed by atoms with van der Waals surface area (Å²) in [6.45, 7) is 5.94. The molecule has 0 aromatic rings. The van der Waals surface area contributed by atoms with Gasteiger partial charge in [0.1, 0.15) is 5.83 Å². The minimum atomic E-state index is -0.186. The topological polar surface area (TPSA) is 12.0 Å². The van der Waals surface area contributed by atoms with E-state index in [-0.39, 0.29) is 5.83 Å². The molecule has 1 heterocycles. The molecule has 0 saturated carbocycles. The van der Waals surface area contributed by atoms with E-state index in [0.29, 0.717) is 6.54 Å². The largest absolute Gasteiger partial charge is 0.386 e. The maximum atomic E-state index is 13.2. The molecule has 0 radical (unpaired) electrons. The normalized spacial score (nSPS) is 20.7. The van der Waals surface area contributed by atoms with Crippen molar-refractivity contribution in [2.75, 3.05) is 6.54 Å². The van der Waals surface area contributed by atoms with Crippen LogP contribution >= 0.6 is 0 Å². The van der Waals surface area contributed by atoms with Gasteiger partial charge in [0.15, 0.2) is 0 Å². The van der Waals surface area contributed by atoms with Crippen molar-refractivity contribution in [3.8, 4) is 0 Å². The van der Waals surface area contributed by atoms with E-state index in [1.54, 1.807) is 12.2 Å². The Labute approximate surface area is 72.0 Å². The number of allylic oxidation sites excluding steroid dienone is 4. The summed E-state index contributed by atoms with van der Waals surface area (Å²) >= 11 is 0. The van der Waals surface area contributed by atoms with Crippen LogP contribution in [-0.2, 0) is 0 Å². The quantitative estimate of drug-likeness (QED) is 0.620. The lowest BCUT2D eigenvalue weighted by molar-refractivity contribution is 0.653. The molecule has 1 aliphatic heterocycles. The molecule has 0 fully saturated rings. The smallest absolute Gasteiger partial charge is 0.128 e. The minimum absolute atomic E-state index is 0.186. The Bertz CT molecular complexity index is 272. The van der Waals surface area contributed by atoms with Gasteiger partial charge in [0, 0.05) is 18.3 Å². The average Bonchev–Trinajstić information content (AvgIpc) is 2.47. The molecule has 2 heteroatoms. The standard InChI is InChI=1S/C10H12FN/c1-3-4-5-10(11)9-7-12-6-8(9)2/h3-6,12H,1,7H2,2H3/b5-4-,10-9-. The van der Waals surface area contributed by atoms with Gasteiger partial charge in [-0.2, -0.15) is 0 Å². The van der Waals surface area contributed by atoms with E-state index in [2.05, 4.69) is 11.9 Å². The molecule has 1 rings (SSSR count). The number of hydrogen-bond acceptors (Lipinski definition) is 1. The molecule has 0 amide bonds. The molecular formula is C10H12FN. The molecular weight excluding hydrogens is 153 g/mol. The Morgan fingerprint density at radius 3 is 3.00 bits per heavy atom. The third kappa shape index (κ3) is 1.84. The highest BCUT2D eigenvalue weighted by Crippen LogP contribution is 2.19. The SMILES string of the molecule is C=C/C=C\C(F)=C1/CNC=C1C. The number of nitrogens with one attached hydrogen (secondary N) is 1. The summed E-state index contributed by atoms with van der Waals surface area (Å²) in [5.74, 6) is -0.186. The van der Waals surface area contributed by atoms with E-state index >= 15 is 0 Å². The first-order valence-corrected chi connectivity index (χ1v) is 3.84. The van der Waals surface area contributed by atoms with E-state index in [9.17, 15) is 4.39 Å². The first kappa shape index (κ1) is 8.78. The molecule has 0 bridgehead atoms. The van der Waals surface area contributed by atoms with Gasteiger partial charge in [0.2, 0.25) is 0 Å². The molecule has 0 aromatic carbocycles. The van der Waals surface area contributed by atoms with Crippen LogP contribution in [0.2, 0.25) is 0 Å². The summed E-state index contributed by atoms with van der Waals surface area (Å²) in [7, 11) is 0. The van der Waals surface area contributed by atoms with Crippen molar-refractivity contribution in [2.45, 2.75) is 6.92 Å². The molecule has 12 heavy (non-hydrogen) atoms. The minimum Gasteiger partial charge on any atom is -0.386 e. The van der Waals surface area contributed by atoms with E-state index in [4.69, 9.17) is 0 Å². The highest BCUT2D eigenvalue weighted by atomic mass is 19.1. The van der Waals surface area contributed by atoms with Crippen LogP contribution < -0.4 is 5.32 Å². The van der Waals surface area contributed by atoms with Crippen LogP contribution in [0.15, 0.2) is 48.0 Å². The van der Waals surface area contributed by atoms with Gasteiger partial charge in [-0.1, -0.05) is 18.7 Å². The van der Waals surface area contributed by atoms with E-state index in [0.717, 1.165) is 11.1 Å². The van der Waals surface area contributed by atoms with Crippen LogP contribution in [0.1, 0.15) is 6.92 Å². The fourth-order valence-electron chi connectivity index (χ4n) is 1.06. The lowest BCUT2D eigenvalue weighted by Crippen LogP contribution is -2.01. The van der Waals surface area contributed by atoms with Crippen LogP contribution in [0.5, 0.6) is 0 Å². The summed E-state index contributed by atoms with van der Waals surface area (Å²) in [6.07, 6.45) is 6.39. The van der Waals surface area contributed by atoms with Crippen molar-refractivity contribution in [1.82, 2.24) is 5.32 Å². The second-order valence-electron chi connectivity index (χ2n) is 2.63. The predicted molar refractivity (Wildman–Crippen MR) is 49.2 cm³/mol. The molecule has 0 aliphatic carbocycles. The van der Waals surface area contributed by atoms with Gasteiger partial charge >= 0.3 is 0 Å². The molecule has 0 saturated heterocycles. The number of halogens is 1. The number of rotatable bonds is 2. The summed E-state index contributed by atoms with van der Waals surface area (Å²) in [5.41, 5.74) is 1.69. The van der Waals surface area contributed by atoms with Crippen LogP contribution in [0.4, 0.5) is 4.39 Å².